The first-order chi connectivity index (χ1) is 16.3. The molecule has 0 aliphatic rings. The quantitative estimate of drug-likeness (QED) is 0.254. The summed E-state index contributed by atoms with van der Waals surface area (Å²) in [6, 6.07) is 15.9. The molecule has 0 saturated carbocycles. The van der Waals surface area contributed by atoms with Crippen molar-refractivity contribution in [3.8, 4) is 5.69 Å². The van der Waals surface area contributed by atoms with Crippen LogP contribution >= 0.6 is 0 Å². The van der Waals surface area contributed by atoms with Crippen LogP contribution in [0, 0.1) is 29.1 Å². The van der Waals surface area contributed by atoms with Gasteiger partial charge in [-0.05, 0) is 24.3 Å². The molecule has 0 aliphatic heterocycles. The Balaban J connectivity index is 1.71. The van der Waals surface area contributed by atoms with Crippen LogP contribution in [-0.4, -0.2) is 26.6 Å². The zero-order chi connectivity index (χ0) is 24.4. The number of para-hydroxylation sites is 1. The highest BCUT2D eigenvalue weighted by Gasteiger charge is 2.30. The molecule has 0 bridgehead atoms. The second kappa shape index (κ2) is 9.10. The smallest absolute Gasteiger partial charge is 0.264 e. The van der Waals surface area contributed by atoms with Crippen LogP contribution in [0.4, 0.5) is 33.8 Å². The first kappa shape index (κ1) is 22.6. The number of nitrogens with one attached hydrogen (secondary N) is 2. The molecule has 12 heteroatoms. The minimum Gasteiger partial charge on any atom is -0.290 e. The summed E-state index contributed by atoms with van der Waals surface area (Å²) in [5, 5.41) is 8.43. The fraction of sp³-hybridized carbons (Fsp3) is 0. The molecule has 1 aromatic heterocycles. The summed E-state index contributed by atoms with van der Waals surface area (Å²) >= 11 is 0. The van der Waals surface area contributed by atoms with Gasteiger partial charge in [0.05, 0.1) is 5.69 Å². The van der Waals surface area contributed by atoms with Crippen LogP contribution in [0.25, 0.3) is 5.69 Å². The lowest BCUT2D eigenvalue weighted by Gasteiger charge is -2.09. The van der Waals surface area contributed by atoms with Gasteiger partial charge in [-0.15, -0.1) is 5.10 Å². The summed E-state index contributed by atoms with van der Waals surface area (Å²) < 4.78 is 69.5. The van der Waals surface area contributed by atoms with Gasteiger partial charge in [0.15, 0.2) is 23.3 Å². The number of benzene rings is 3. The molecule has 7 nitrogen and oxygen atoms in total. The number of anilines is 2. The van der Waals surface area contributed by atoms with Crippen LogP contribution < -0.4 is 10.6 Å². The number of carbonyl (C=O) groups excluding carboxylic acids is 2. The number of hydrogen-bond donors (Lipinski definition) is 2. The van der Waals surface area contributed by atoms with E-state index in [0.29, 0.717) is 5.69 Å². The van der Waals surface area contributed by atoms with Crippen LogP contribution in [-0.2, 0) is 0 Å². The molecule has 2 amide bonds. The van der Waals surface area contributed by atoms with Gasteiger partial charge < -0.3 is 0 Å². The standard InChI is InChI=1S/C22H12F5N5O2/c23-14-13(15(24)17(26)18(27)16(14)25)20(34)29-22-30-21(28-19(33)11-7-3-1-4-8-11)31-32(22)12-9-5-2-6-10-12/h1-10H,(H2,28,29,30,31,33,34). The molecule has 4 rings (SSSR count). The summed E-state index contributed by atoms with van der Waals surface area (Å²) in [5.41, 5.74) is -1.12. The van der Waals surface area contributed by atoms with E-state index in [1.807, 2.05) is 5.32 Å². The monoisotopic (exact) mass is 473 g/mol. The third-order valence-corrected chi connectivity index (χ3v) is 4.53. The van der Waals surface area contributed by atoms with Crippen LogP contribution in [0.2, 0.25) is 0 Å². The number of nitrogens with zero attached hydrogens (tertiary/aromatic N) is 3. The number of aromatic nitrogens is 3. The maximum atomic E-state index is 14.1. The maximum Gasteiger partial charge on any atom is 0.264 e. The van der Waals surface area contributed by atoms with Crippen molar-refractivity contribution in [2.24, 2.45) is 0 Å². The molecule has 1 heterocycles. The predicted molar refractivity (Wildman–Crippen MR) is 110 cm³/mol. The largest absolute Gasteiger partial charge is 0.290 e. The number of halogens is 5. The van der Waals surface area contributed by atoms with E-state index in [-0.39, 0.29) is 11.5 Å². The highest BCUT2D eigenvalue weighted by molar-refractivity contribution is 6.05. The van der Waals surface area contributed by atoms with Gasteiger partial charge in [-0.3, -0.25) is 20.2 Å². The summed E-state index contributed by atoms with van der Waals surface area (Å²) in [7, 11) is 0. The molecule has 0 fully saturated rings. The highest BCUT2D eigenvalue weighted by Crippen LogP contribution is 2.24. The zero-order valence-electron chi connectivity index (χ0n) is 16.8. The van der Waals surface area contributed by atoms with Gasteiger partial charge in [0, 0.05) is 5.56 Å². The maximum absolute atomic E-state index is 14.1. The van der Waals surface area contributed by atoms with E-state index in [1.165, 1.54) is 24.3 Å². The van der Waals surface area contributed by atoms with E-state index >= 15 is 0 Å². The molecule has 2 N–H and O–H groups in total. The molecule has 0 aliphatic carbocycles. The Hall–Kier alpha value is -4.61. The lowest BCUT2D eigenvalue weighted by atomic mass is 10.1. The van der Waals surface area contributed by atoms with E-state index in [9.17, 15) is 31.5 Å². The van der Waals surface area contributed by atoms with Crippen molar-refractivity contribution in [2.45, 2.75) is 0 Å². The van der Waals surface area contributed by atoms with E-state index in [1.54, 1.807) is 36.4 Å². The van der Waals surface area contributed by atoms with Crippen molar-refractivity contribution in [1.82, 2.24) is 14.8 Å². The SMILES string of the molecule is O=C(Nc1nc(NC(=O)c2c(F)c(F)c(F)c(F)c2F)n(-c2ccccc2)n1)c1ccccc1. The van der Waals surface area contributed by atoms with Crippen LogP contribution in [0.1, 0.15) is 20.7 Å². The first-order valence-electron chi connectivity index (χ1n) is 9.49. The summed E-state index contributed by atoms with van der Waals surface area (Å²) in [4.78, 5) is 28.8. The Morgan fingerprint density at radius 2 is 1.21 bits per heavy atom. The van der Waals surface area contributed by atoms with E-state index < -0.39 is 52.4 Å². The van der Waals surface area contributed by atoms with Crippen LogP contribution in [0.3, 0.4) is 0 Å². The van der Waals surface area contributed by atoms with E-state index in [2.05, 4.69) is 15.4 Å². The third-order valence-electron chi connectivity index (χ3n) is 4.53. The summed E-state index contributed by atoms with van der Waals surface area (Å²) in [6.07, 6.45) is 0. The van der Waals surface area contributed by atoms with Gasteiger partial charge in [0.25, 0.3) is 17.8 Å². The van der Waals surface area contributed by atoms with Gasteiger partial charge in [0.1, 0.15) is 5.56 Å². The van der Waals surface area contributed by atoms with Gasteiger partial charge in [-0.25, -0.2) is 22.0 Å². The lowest BCUT2D eigenvalue weighted by molar-refractivity contribution is 0.101. The molecular weight excluding hydrogens is 461 g/mol. The molecule has 3 aromatic carbocycles. The molecule has 172 valence electrons. The average Bonchev–Trinajstić information content (AvgIpc) is 3.24. The molecule has 0 radical (unpaired) electrons. The molecule has 0 saturated heterocycles. The van der Waals surface area contributed by atoms with Crippen molar-refractivity contribution in [1.29, 1.82) is 0 Å². The minimum absolute atomic E-state index is 0.269. The van der Waals surface area contributed by atoms with Crippen LogP contribution in [0.15, 0.2) is 60.7 Å². The summed E-state index contributed by atoms with van der Waals surface area (Å²) in [6.45, 7) is 0. The fourth-order valence-corrected chi connectivity index (χ4v) is 2.93. The van der Waals surface area contributed by atoms with Crippen molar-refractivity contribution in [3.63, 3.8) is 0 Å². The Bertz CT molecular complexity index is 1370. The number of carbonyl (C=O) groups is 2. The molecule has 4 aromatic rings. The minimum atomic E-state index is -2.40. The Labute approximate surface area is 187 Å². The summed E-state index contributed by atoms with van der Waals surface area (Å²) in [5.74, 6) is -14.6. The van der Waals surface area contributed by atoms with Gasteiger partial charge in [-0.1, -0.05) is 36.4 Å². The van der Waals surface area contributed by atoms with E-state index in [4.69, 9.17) is 0 Å². The van der Waals surface area contributed by atoms with Gasteiger partial charge in [-0.2, -0.15) is 9.67 Å². The molecule has 34 heavy (non-hydrogen) atoms. The Morgan fingerprint density at radius 3 is 1.79 bits per heavy atom. The second-order valence-electron chi connectivity index (χ2n) is 6.73. The number of amides is 2. The van der Waals surface area contributed by atoms with Crippen molar-refractivity contribution in [3.05, 3.63) is 101 Å². The highest BCUT2D eigenvalue weighted by atomic mass is 19.2. The Morgan fingerprint density at radius 1 is 0.676 bits per heavy atom. The third kappa shape index (κ3) is 4.20. The lowest BCUT2D eigenvalue weighted by Crippen LogP contribution is -2.21. The zero-order valence-corrected chi connectivity index (χ0v) is 16.8. The van der Waals surface area contributed by atoms with Gasteiger partial charge in [0.2, 0.25) is 11.8 Å². The second-order valence-corrected chi connectivity index (χ2v) is 6.73. The molecule has 0 spiro atoms. The topological polar surface area (TPSA) is 88.9 Å². The molecule has 0 unspecified atom stereocenters. The molecular formula is C22H12F5N5O2. The number of rotatable bonds is 5. The van der Waals surface area contributed by atoms with Gasteiger partial charge >= 0.3 is 0 Å². The van der Waals surface area contributed by atoms with Crippen LogP contribution in [0.5, 0.6) is 0 Å². The van der Waals surface area contributed by atoms with E-state index in [0.717, 1.165) is 4.68 Å². The average molecular weight is 473 g/mol. The van der Waals surface area contributed by atoms with Crippen molar-refractivity contribution in [2.75, 3.05) is 10.6 Å². The van der Waals surface area contributed by atoms with Crippen molar-refractivity contribution >= 4 is 23.7 Å². The van der Waals surface area contributed by atoms with Crippen molar-refractivity contribution < 1.29 is 31.5 Å². The number of hydrogen-bond acceptors (Lipinski definition) is 4. The fourth-order valence-electron chi connectivity index (χ4n) is 2.93. The molecule has 0 atom stereocenters. The normalized spacial score (nSPS) is 10.7. The Kier molecular flexibility index (Phi) is 6.04. The predicted octanol–water partition coefficient (Wildman–Crippen LogP) is 4.47. The first-order valence-corrected chi connectivity index (χ1v) is 9.49.